The zero-order valence-corrected chi connectivity index (χ0v) is 13.0. The summed E-state index contributed by atoms with van der Waals surface area (Å²) < 4.78 is 0. The molecule has 0 heterocycles. The second-order valence-electron chi connectivity index (χ2n) is 5.96. The van der Waals surface area contributed by atoms with Crippen LogP contribution in [0.4, 0.5) is 0 Å². The van der Waals surface area contributed by atoms with Gasteiger partial charge in [-0.3, -0.25) is 9.59 Å². The van der Waals surface area contributed by atoms with Crippen molar-refractivity contribution in [1.82, 2.24) is 5.32 Å². The predicted molar refractivity (Wildman–Crippen MR) is 79.8 cm³/mol. The molecule has 1 saturated carbocycles. The van der Waals surface area contributed by atoms with E-state index in [4.69, 9.17) is 5.73 Å². The Balaban J connectivity index is 2.42. The van der Waals surface area contributed by atoms with Crippen LogP contribution in [0.3, 0.4) is 0 Å². The van der Waals surface area contributed by atoms with Crippen LogP contribution in [0.15, 0.2) is 0 Å². The van der Waals surface area contributed by atoms with Crippen molar-refractivity contribution in [3.63, 3.8) is 0 Å². The number of thioether (sulfide) groups is 1. The van der Waals surface area contributed by atoms with Gasteiger partial charge in [-0.1, -0.05) is 27.2 Å². The summed E-state index contributed by atoms with van der Waals surface area (Å²) in [6.07, 6.45) is 3.51. The first kappa shape index (κ1) is 16.3. The minimum absolute atomic E-state index is 0.0241. The quantitative estimate of drug-likeness (QED) is 0.782. The van der Waals surface area contributed by atoms with E-state index >= 15 is 0 Å². The van der Waals surface area contributed by atoms with Gasteiger partial charge < -0.3 is 11.1 Å². The van der Waals surface area contributed by atoms with Gasteiger partial charge in [0, 0.05) is 6.04 Å². The first-order valence-electron chi connectivity index (χ1n) is 7.05. The molecule has 0 radical (unpaired) electrons. The molecule has 1 fully saturated rings. The number of rotatable bonds is 6. The van der Waals surface area contributed by atoms with Gasteiger partial charge in [-0.2, -0.15) is 0 Å². The molecule has 0 aromatic rings. The zero-order chi connectivity index (χ0) is 14.4. The number of primary amides is 1. The van der Waals surface area contributed by atoms with Gasteiger partial charge in [-0.15, -0.1) is 11.8 Å². The highest BCUT2D eigenvalue weighted by atomic mass is 32.2. The van der Waals surface area contributed by atoms with Crippen molar-refractivity contribution in [3.8, 4) is 0 Å². The molecule has 19 heavy (non-hydrogen) atoms. The fraction of sp³-hybridized carbons (Fsp3) is 0.857. The van der Waals surface area contributed by atoms with Crippen LogP contribution in [-0.2, 0) is 9.59 Å². The number of amides is 2. The Bertz CT molecular complexity index is 321. The third-order valence-corrected chi connectivity index (χ3v) is 4.80. The van der Waals surface area contributed by atoms with E-state index in [9.17, 15) is 9.59 Å². The van der Waals surface area contributed by atoms with E-state index < -0.39 is 0 Å². The molecule has 1 aliphatic carbocycles. The van der Waals surface area contributed by atoms with Crippen LogP contribution in [0.25, 0.3) is 0 Å². The van der Waals surface area contributed by atoms with E-state index in [0.29, 0.717) is 23.5 Å². The maximum absolute atomic E-state index is 11.9. The lowest BCUT2D eigenvalue weighted by molar-refractivity contribution is -0.120. The molecule has 3 atom stereocenters. The molecule has 0 saturated heterocycles. The lowest BCUT2D eigenvalue weighted by Gasteiger charge is -2.37. The highest BCUT2D eigenvalue weighted by Gasteiger charge is 2.31. The molecule has 4 nitrogen and oxygen atoms in total. The Hall–Kier alpha value is -0.710. The SMILES string of the molecule is CC1CCC(C(C)C)C(NC(=O)CSCC(N)=O)C1. The number of hydrogen-bond donors (Lipinski definition) is 2. The summed E-state index contributed by atoms with van der Waals surface area (Å²) in [5, 5.41) is 3.14. The third-order valence-electron chi connectivity index (χ3n) is 3.85. The van der Waals surface area contributed by atoms with E-state index in [0.717, 1.165) is 6.42 Å². The van der Waals surface area contributed by atoms with Crippen LogP contribution in [-0.4, -0.2) is 29.4 Å². The summed E-state index contributed by atoms with van der Waals surface area (Å²) in [5.41, 5.74) is 5.05. The van der Waals surface area contributed by atoms with E-state index in [2.05, 4.69) is 26.1 Å². The molecule has 0 aromatic carbocycles. The molecular formula is C14H26N2O2S. The summed E-state index contributed by atoms with van der Waals surface area (Å²) >= 11 is 1.28. The molecular weight excluding hydrogens is 260 g/mol. The van der Waals surface area contributed by atoms with Crippen LogP contribution in [0.1, 0.15) is 40.0 Å². The minimum Gasteiger partial charge on any atom is -0.369 e. The molecule has 0 bridgehead atoms. The summed E-state index contributed by atoms with van der Waals surface area (Å²) in [4.78, 5) is 22.5. The Morgan fingerprint density at radius 3 is 2.58 bits per heavy atom. The second-order valence-corrected chi connectivity index (χ2v) is 6.94. The fourth-order valence-corrected chi connectivity index (χ4v) is 3.43. The number of carbonyl (C=O) groups excluding carboxylic acids is 2. The van der Waals surface area contributed by atoms with Crippen LogP contribution in [0.5, 0.6) is 0 Å². The normalized spacial score (nSPS) is 27.3. The van der Waals surface area contributed by atoms with Gasteiger partial charge in [0.2, 0.25) is 11.8 Å². The molecule has 1 aliphatic rings. The molecule has 0 aromatic heterocycles. The Morgan fingerprint density at radius 2 is 2.00 bits per heavy atom. The van der Waals surface area contributed by atoms with Gasteiger partial charge in [0.25, 0.3) is 0 Å². The number of nitrogens with one attached hydrogen (secondary N) is 1. The van der Waals surface area contributed by atoms with Gasteiger partial charge in [-0.25, -0.2) is 0 Å². The molecule has 110 valence electrons. The third kappa shape index (κ3) is 5.85. The van der Waals surface area contributed by atoms with Gasteiger partial charge >= 0.3 is 0 Å². The van der Waals surface area contributed by atoms with Crippen molar-refractivity contribution in [2.75, 3.05) is 11.5 Å². The summed E-state index contributed by atoms with van der Waals surface area (Å²) in [5.74, 6) is 2.02. The molecule has 0 spiro atoms. The van der Waals surface area contributed by atoms with Gasteiger partial charge in [0.15, 0.2) is 0 Å². The van der Waals surface area contributed by atoms with Crippen LogP contribution in [0.2, 0.25) is 0 Å². The van der Waals surface area contributed by atoms with Crippen molar-refractivity contribution in [3.05, 3.63) is 0 Å². The van der Waals surface area contributed by atoms with Gasteiger partial charge in [-0.05, 0) is 30.6 Å². The predicted octanol–water partition coefficient (Wildman–Crippen LogP) is 1.78. The monoisotopic (exact) mass is 286 g/mol. The largest absolute Gasteiger partial charge is 0.369 e. The Labute approximate surface area is 120 Å². The minimum atomic E-state index is -0.371. The summed E-state index contributed by atoms with van der Waals surface area (Å²) in [6.45, 7) is 6.70. The highest BCUT2D eigenvalue weighted by Crippen LogP contribution is 2.33. The molecule has 2 amide bonds. The van der Waals surface area contributed by atoms with Crippen molar-refractivity contribution < 1.29 is 9.59 Å². The van der Waals surface area contributed by atoms with Crippen molar-refractivity contribution in [2.24, 2.45) is 23.5 Å². The van der Waals surface area contributed by atoms with Crippen molar-refractivity contribution in [1.29, 1.82) is 0 Å². The van der Waals surface area contributed by atoms with E-state index in [-0.39, 0.29) is 23.6 Å². The first-order valence-corrected chi connectivity index (χ1v) is 8.21. The summed E-state index contributed by atoms with van der Waals surface area (Å²) in [6, 6.07) is 0.283. The number of carbonyl (C=O) groups is 2. The smallest absolute Gasteiger partial charge is 0.230 e. The maximum Gasteiger partial charge on any atom is 0.230 e. The van der Waals surface area contributed by atoms with E-state index in [1.807, 2.05) is 0 Å². The van der Waals surface area contributed by atoms with Crippen molar-refractivity contribution >= 4 is 23.6 Å². The zero-order valence-electron chi connectivity index (χ0n) is 12.1. The second kappa shape index (κ2) is 7.78. The molecule has 3 N–H and O–H groups in total. The topological polar surface area (TPSA) is 72.2 Å². The number of hydrogen-bond acceptors (Lipinski definition) is 3. The molecule has 1 rings (SSSR count). The molecule has 5 heteroatoms. The van der Waals surface area contributed by atoms with Crippen LogP contribution < -0.4 is 11.1 Å². The van der Waals surface area contributed by atoms with E-state index in [1.54, 1.807) is 0 Å². The Kier molecular flexibility index (Phi) is 6.69. The van der Waals surface area contributed by atoms with Crippen LogP contribution >= 0.6 is 11.8 Å². The lowest BCUT2D eigenvalue weighted by Crippen LogP contribution is -2.46. The van der Waals surface area contributed by atoms with Crippen LogP contribution in [0, 0.1) is 17.8 Å². The van der Waals surface area contributed by atoms with Gasteiger partial charge in [0.1, 0.15) is 0 Å². The average Bonchev–Trinajstić information content (AvgIpc) is 2.27. The molecule has 3 unspecified atom stereocenters. The molecule has 0 aliphatic heterocycles. The Morgan fingerprint density at radius 1 is 1.32 bits per heavy atom. The van der Waals surface area contributed by atoms with E-state index in [1.165, 1.54) is 24.6 Å². The highest BCUT2D eigenvalue weighted by molar-refractivity contribution is 8.00. The fourth-order valence-electron chi connectivity index (χ4n) is 2.86. The van der Waals surface area contributed by atoms with Gasteiger partial charge in [0.05, 0.1) is 11.5 Å². The first-order chi connectivity index (χ1) is 8.90. The number of nitrogens with two attached hydrogens (primary N) is 1. The van der Waals surface area contributed by atoms with Crippen molar-refractivity contribution in [2.45, 2.75) is 46.1 Å². The lowest BCUT2D eigenvalue weighted by atomic mass is 9.74. The maximum atomic E-state index is 11.9. The standard InChI is InChI=1S/C14H26N2O2S/c1-9(2)11-5-4-10(3)6-12(11)16-14(18)8-19-7-13(15)17/h9-12H,4-8H2,1-3H3,(H2,15,17)(H,16,18). The average molecular weight is 286 g/mol. The summed E-state index contributed by atoms with van der Waals surface area (Å²) in [7, 11) is 0.